The highest BCUT2D eigenvalue weighted by Gasteiger charge is 2.13. The van der Waals surface area contributed by atoms with Gasteiger partial charge in [0.15, 0.2) is 5.82 Å². The number of aromatic amines is 1. The number of quaternary nitrogens is 1. The molecule has 3 N–H and O–H groups in total. The molecule has 1 heterocycles. The Hall–Kier alpha value is -1.88. The SMILES string of the molecule is C[C@H]([NH2+]Cc1nc2cc(Cl)ccc2c(=O)[nH]1)c1ccccc1Cl. The summed E-state index contributed by atoms with van der Waals surface area (Å²) >= 11 is 12.2. The quantitative estimate of drug-likeness (QED) is 0.761. The van der Waals surface area contributed by atoms with Crippen LogP contribution in [0, 0.1) is 0 Å². The zero-order chi connectivity index (χ0) is 16.4. The van der Waals surface area contributed by atoms with Gasteiger partial charge >= 0.3 is 0 Å². The lowest BCUT2D eigenvalue weighted by Gasteiger charge is -2.12. The topological polar surface area (TPSA) is 62.4 Å². The number of aromatic nitrogens is 2. The molecule has 0 spiro atoms. The first-order valence-electron chi connectivity index (χ1n) is 7.31. The van der Waals surface area contributed by atoms with Gasteiger partial charge in [0.05, 0.1) is 10.9 Å². The van der Waals surface area contributed by atoms with Crippen LogP contribution >= 0.6 is 23.2 Å². The van der Waals surface area contributed by atoms with Gasteiger partial charge < -0.3 is 10.3 Å². The monoisotopic (exact) mass is 348 g/mol. The summed E-state index contributed by atoms with van der Waals surface area (Å²) in [5, 5.41) is 3.92. The van der Waals surface area contributed by atoms with Gasteiger partial charge in [-0.1, -0.05) is 41.4 Å². The summed E-state index contributed by atoms with van der Waals surface area (Å²) in [5.74, 6) is 0.615. The predicted molar refractivity (Wildman–Crippen MR) is 92.9 cm³/mol. The molecule has 0 unspecified atom stereocenters. The van der Waals surface area contributed by atoms with Crippen LogP contribution in [0.15, 0.2) is 47.3 Å². The van der Waals surface area contributed by atoms with Gasteiger partial charge in [-0.05, 0) is 31.2 Å². The Balaban J connectivity index is 1.82. The maximum atomic E-state index is 12.1. The van der Waals surface area contributed by atoms with Crippen LogP contribution in [0.3, 0.4) is 0 Å². The van der Waals surface area contributed by atoms with E-state index in [0.717, 1.165) is 10.6 Å². The van der Waals surface area contributed by atoms with Crippen molar-refractivity contribution in [2.24, 2.45) is 0 Å². The van der Waals surface area contributed by atoms with Crippen LogP contribution < -0.4 is 10.9 Å². The van der Waals surface area contributed by atoms with Crippen LogP contribution in [0.1, 0.15) is 24.4 Å². The molecule has 4 nitrogen and oxygen atoms in total. The van der Waals surface area contributed by atoms with Crippen LogP contribution in [0.4, 0.5) is 0 Å². The molecule has 6 heteroatoms. The normalized spacial score (nSPS) is 12.5. The molecule has 3 aromatic rings. The summed E-state index contributed by atoms with van der Waals surface area (Å²) in [5.41, 5.74) is 1.51. The molecular weight excluding hydrogens is 333 g/mol. The number of nitrogens with two attached hydrogens (primary N) is 1. The summed E-state index contributed by atoms with van der Waals surface area (Å²) in [6.45, 7) is 2.61. The van der Waals surface area contributed by atoms with E-state index in [-0.39, 0.29) is 11.6 Å². The Labute approximate surface area is 143 Å². The fourth-order valence-corrected chi connectivity index (χ4v) is 2.99. The summed E-state index contributed by atoms with van der Waals surface area (Å²) < 4.78 is 0. The number of benzene rings is 2. The summed E-state index contributed by atoms with van der Waals surface area (Å²) in [4.78, 5) is 19.4. The van der Waals surface area contributed by atoms with Gasteiger partial charge in [0.2, 0.25) is 0 Å². The lowest BCUT2D eigenvalue weighted by molar-refractivity contribution is -0.708. The van der Waals surface area contributed by atoms with E-state index in [1.54, 1.807) is 18.2 Å². The molecule has 0 fully saturated rings. The van der Waals surface area contributed by atoms with Crippen LogP contribution in [0.5, 0.6) is 0 Å². The molecular formula is C17H16Cl2N3O+. The van der Waals surface area contributed by atoms with Crippen LogP contribution in [-0.4, -0.2) is 9.97 Å². The van der Waals surface area contributed by atoms with Crippen molar-refractivity contribution in [3.8, 4) is 0 Å². The molecule has 118 valence electrons. The summed E-state index contributed by atoms with van der Waals surface area (Å²) in [7, 11) is 0. The van der Waals surface area contributed by atoms with Gasteiger partial charge in [0, 0.05) is 15.6 Å². The second kappa shape index (κ2) is 6.71. The molecule has 0 saturated heterocycles. The van der Waals surface area contributed by atoms with Crippen LogP contribution in [0.2, 0.25) is 10.0 Å². The number of halogens is 2. The van der Waals surface area contributed by atoms with Crippen molar-refractivity contribution in [3.63, 3.8) is 0 Å². The number of H-pyrrole nitrogens is 1. The van der Waals surface area contributed by atoms with Gasteiger partial charge in [-0.15, -0.1) is 0 Å². The third kappa shape index (κ3) is 3.55. The molecule has 0 aliphatic rings. The molecule has 1 atom stereocenters. The Morgan fingerprint density at radius 2 is 2.00 bits per heavy atom. The minimum atomic E-state index is -0.152. The maximum Gasteiger partial charge on any atom is 0.258 e. The third-order valence-electron chi connectivity index (χ3n) is 3.78. The molecule has 2 aromatic carbocycles. The Kier molecular flexibility index (Phi) is 4.66. The molecule has 3 rings (SSSR count). The first-order valence-corrected chi connectivity index (χ1v) is 8.06. The molecule has 1 aromatic heterocycles. The molecule has 0 bridgehead atoms. The molecule has 23 heavy (non-hydrogen) atoms. The van der Waals surface area contributed by atoms with Crippen molar-refractivity contribution in [2.75, 3.05) is 0 Å². The van der Waals surface area contributed by atoms with Crippen molar-refractivity contribution in [3.05, 3.63) is 74.3 Å². The minimum absolute atomic E-state index is 0.152. The van der Waals surface area contributed by atoms with E-state index in [2.05, 4.69) is 22.2 Å². The van der Waals surface area contributed by atoms with Gasteiger partial charge in [-0.25, -0.2) is 4.98 Å². The van der Waals surface area contributed by atoms with E-state index in [9.17, 15) is 4.79 Å². The molecule has 0 saturated carbocycles. The van der Waals surface area contributed by atoms with Crippen molar-refractivity contribution >= 4 is 34.1 Å². The van der Waals surface area contributed by atoms with Gasteiger partial charge in [-0.3, -0.25) is 4.79 Å². The van der Waals surface area contributed by atoms with Gasteiger partial charge in [0.1, 0.15) is 12.6 Å². The minimum Gasteiger partial charge on any atom is -0.334 e. The van der Waals surface area contributed by atoms with E-state index in [0.29, 0.717) is 28.3 Å². The summed E-state index contributed by atoms with van der Waals surface area (Å²) in [6.07, 6.45) is 0. The van der Waals surface area contributed by atoms with E-state index >= 15 is 0 Å². The Bertz CT molecular complexity index is 908. The highest BCUT2D eigenvalue weighted by molar-refractivity contribution is 6.31. The lowest BCUT2D eigenvalue weighted by Crippen LogP contribution is -2.83. The maximum absolute atomic E-state index is 12.1. The fourth-order valence-electron chi connectivity index (χ4n) is 2.52. The number of hydrogen-bond acceptors (Lipinski definition) is 2. The average Bonchev–Trinajstić information content (AvgIpc) is 2.52. The number of rotatable bonds is 4. The largest absolute Gasteiger partial charge is 0.334 e. The molecule has 0 amide bonds. The van der Waals surface area contributed by atoms with E-state index in [4.69, 9.17) is 23.2 Å². The summed E-state index contributed by atoms with van der Waals surface area (Å²) in [6, 6.07) is 13.0. The van der Waals surface area contributed by atoms with Crippen molar-refractivity contribution in [1.82, 2.24) is 9.97 Å². The van der Waals surface area contributed by atoms with Gasteiger partial charge in [0.25, 0.3) is 5.56 Å². The smallest absolute Gasteiger partial charge is 0.258 e. The number of nitrogens with one attached hydrogen (secondary N) is 1. The fraction of sp³-hybridized carbons (Fsp3) is 0.176. The predicted octanol–water partition coefficient (Wildman–Crippen LogP) is 3.05. The molecule has 0 aliphatic carbocycles. The van der Waals surface area contributed by atoms with E-state index in [1.165, 1.54) is 0 Å². The highest BCUT2D eigenvalue weighted by atomic mass is 35.5. The zero-order valence-corrected chi connectivity index (χ0v) is 14.0. The number of hydrogen-bond donors (Lipinski definition) is 2. The molecule has 0 radical (unpaired) electrons. The average molecular weight is 349 g/mol. The third-order valence-corrected chi connectivity index (χ3v) is 4.36. The lowest BCUT2D eigenvalue weighted by atomic mass is 10.1. The number of fused-ring (bicyclic) bond motifs is 1. The van der Waals surface area contributed by atoms with Crippen LogP contribution in [-0.2, 0) is 6.54 Å². The van der Waals surface area contributed by atoms with Crippen molar-refractivity contribution < 1.29 is 5.32 Å². The Morgan fingerprint density at radius 1 is 1.22 bits per heavy atom. The number of nitrogens with zero attached hydrogens (tertiary/aromatic N) is 1. The standard InChI is InChI=1S/C17H15Cl2N3O/c1-10(12-4-2-3-5-14(12)19)20-9-16-21-15-8-11(18)6-7-13(15)17(23)22-16/h2-8,10,20H,9H2,1H3,(H,21,22,23)/p+1/t10-/m0/s1. The van der Waals surface area contributed by atoms with Crippen molar-refractivity contribution in [1.29, 1.82) is 0 Å². The first kappa shape index (κ1) is 16.0. The molecule has 0 aliphatic heterocycles. The van der Waals surface area contributed by atoms with E-state index < -0.39 is 0 Å². The second-order valence-corrected chi connectivity index (χ2v) is 6.27. The first-order chi connectivity index (χ1) is 11.0. The van der Waals surface area contributed by atoms with E-state index in [1.807, 2.05) is 24.3 Å². The van der Waals surface area contributed by atoms with Crippen molar-refractivity contribution in [2.45, 2.75) is 19.5 Å². The highest BCUT2D eigenvalue weighted by Crippen LogP contribution is 2.19. The van der Waals surface area contributed by atoms with Gasteiger partial charge in [-0.2, -0.15) is 0 Å². The zero-order valence-electron chi connectivity index (χ0n) is 12.5. The second-order valence-electron chi connectivity index (χ2n) is 5.42. The van der Waals surface area contributed by atoms with Crippen LogP contribution in [0.25, 0.3) is 10.9 Å². The Morgan fingerprint density at radius 3 is 2.78 bits per heavy atom.